The van der Waals surface area contributed by atoms with E-state index in [0.717, 1.165) is 12.5 Å². The quantitative estimate of drug-likeness (QED) is 0.811. The molecule has 2 aliphatic rings. The zero-order chi connectivity index (χ0) is 11.9. The number of pyridine rings is 1. The average Bonchev–Trinajstić information content (AvgIpc) is 3.17. The minimum atomic E-state index is -0.557. The summed E-state index contributed by atoms with van der Waals surface area (Å²) in [6.45, 7) is 0.758. The number of nitrogens with one attached hydrogen (secondary N) is 1. The molecule has 2 saturated carbocycles. The molecule has 4 heteroatoms. The second-order valence-corrected chi connectivity index (χ2v) is 5.19. The standard InChI is InChI=1S/C13H15FN2O/c14-11-4-1-9(7-15-11)12(17)16-8-13(5-6-13)10-2-3-10/h1,4,7,10H,2-3,5-6,8H2,(H,16,17). The van der Waals surface area contributed by atoms with Crippen molar-refractivity contribution >= 4 is 5.91 Å². The predicted octanol–water partition coefficient (Wildman–Crippen LogP) is 2.14. The van der Waals surface area contributed by atoms with Crippen LogP contribution in [0.3, 0.4) is 0 Å². The highest BCUT2D eigenvalue weighted by molar-refractivity contribution is 5.93. The number of hydrogen-bond donors (Lipinski definition) is 1. The fourth-order valence-electron chi connectivity index (χ4n) is 2.45. The van der Waals surface area contributed by atoms with Gasteiger partial charge in [0, 0.05) is 12.7 Å². The number of carbonyl (C=O) groups excluding carboxylic acids is 1. The third-order valence-corrected chi connectivity index (χ3v) is 3.93. The fraction of sp³-hybridized carbons (Fsp3) is 0.538. The van der Waals surface area contributed by atoms with Crippen LogP contribution in [0.1, 0.15) is 36.0 Å². The van der Waals surface area contributed by atoms with Crippen molar-refractivity contribution < 1.29 is 9.18 Å². The van der Waals surface area contributed by atoms with Crippen molar-refractivity contribution in [1.82, 2.24) is 10.3 Å². The van der Waals surface area contributed by atoms with Crippen LogP contribution in [-0.2, 0) is 0 Å². The van der Waals surface area contributed by atoms with Crippen LogP contribution >= 0.6 is 0 Å². The van der Waals surface area contributed by atoms with Gasteiger partial charge in [-0.2, -0.15) is 4.39 Å². The molecule has 1 aromatic heterocycles. The Morgan fingerprint density at radius 3 is 2.76 bits per heavy atom. The smallest absolute Gasteiger partial charge is 0.252 e. The van der Waals surface area contributed by atoms with Gasteiger partial charge in [-0.1, -0.05) is 0 Å². The second-order valence-electron chi connectivity index (χ2n) is 5.19. The van der Waals surface area contributed by atoms with Gasteiger partial charge in [0.15, 0.2) is 0 Å². The van der Waals surface area contributed by atoms with Gasteiger partial charge in [-0.05, 0) is 49.1 Å². The van der Waals surface area contributed by atoms with Crippen LogP contribution in [0.15, 0.2) is 18.3 Å². The molecule has 0 aliphatic heterocycles. The van der Waals surface area contributed by atoms with Crippen LogP contribution in [0.2, 0.25) is 0 Å². The van der Waals surface area contributed by atoms with E-state index in [2.05, 4.69) is 10.3 Å². The molecule has 2 fully saturated rings. The summed E-state index contributed by atoms with van der Waals surface area (Å²) in [7, 11) is 0. The summed E-state index contributed by atoms with van der Waals surface area (Å²) in [5, 5.41) is 2.94. The van der Waals surface area contributed by atoms with Crippen LogP contribution in [0, 0.1) is 17.3 Å². The highest BCUT2D eigenvalue weighted by Crippen LogP contribution is 2.60. The van der Waals surface area contributed by atoms with Crippen LogP contribution in [0.25, 0.3) is 0 Å². The third kappa shape index (κ3) is 2.16. The summed E-state index contributed by atoms with van der Waals surface area (Å²) in [5.41, 5.74) is 0.821. The fourth-order valence-corrected chi connectivity index (χ4v) is 2.45. The van der Waals surface area contributed by atoms with E-state index in [0.29, 0.717) is 11.0 Å². The summed E-state index contributed by atoms with van der Waals surface area (Å²) in [6.07, 6.45) is 6.38. The number of aromatic nitrogens is 1. The van der Waals surface area contributed by atoms with Crippen molar-refractivity contribution in [3.63, 3.8) is 0 Å². The lowest BCUT2D eigenvalue weighted by molar-refractivity contribution is 0.0942. The van der Waals surface area contributed by atoms with Crippen molar-refractivity contribution in [2.24, 2.45) is 11.3 Å². The van der Waals surface area contributed by atoms with E-state index in [1.807, 2.05) is 0 Å². The van der Waals surface area contributed by atoms with Gasteiger partial charge in [-0.15, -0.1) is 0 Å². The largest absolute Gasteiger partial charge is 0.351 e. The minimum Gasteiger partial charge on any atom is -0.351 e. The summed E-state index contributed by atoms with van der Waals surface area (Å²) in [6, 6.07) is 2.68. The molecule has 0 radical (unpaired) electrons. The Morgan fingerprint density at radius 2 is 2.24 bits per heavy atom. The van der Waals surface area contributed by atoms with Crippen LogP contribution in [0.5, 0.6) is 0 Å². The lowest BCUT2D eigenvalue weighted by Gasteiger charge is -2.14. The number of amides is 1. The van der Waals surface area contributed by atoms with Gasteiger partial charge in [0.25, 0.3) is 5.91 Å². The molecule has 0 spiro atoms. The van der Waals surface area contributed by atoms with E-state index in [-0.39, 0.29) is 5.91 Å². The maximum absolute atomic E-state index is 12.6. The van der Waals surface area contributed by atoms with Gasteiger partial charge in [-0.3, -0.25) is 4.79 Å². The van der Waals surface area contributed by atoms with Gasteiger partial charge < -0.3 is 5.32 Å². The van der Waals surface area contributed by atoms with Crippen molar-refractivity contribution in [1.29, 1.82) is 0 Å². The van der Waals surface area contributed by atoms with E-state index in [9.17, 15) is 9.18 Å². The third-order valence-electron chi connectivity index (χ3n) is 3.93. The zero-order valence-electron chi connectivity index (χ0n) is 9.58. The first-order chi connectivity index (χ1) is 8.20. The summed E-state index contributed by atoms with van der Waals surface area (Å²) < 4.78 is 12.6. The summed E-state index contributed by atoms with van der Waals surface area (Å²) >= 11 is 0. The Bertz CT molecular complexity index is 435. The molecular weight excluding hydrogens is 219 g/mol. The molecule has 90 valence electrons. The lowest BCUT2D eigenvalue weighted by atomic mass is 10.0. The van der Waals surface area contributed by atoms with Crippen molar-refractivity contribution in [3.05, 3.63) is 29.8 Å². The summed E-state index contributed by atoms with van der Waals surface area (Å²) in [5.74, 6) is 0.122. The van der Waals surface area contributed by atoms with Gasteiger partial charge in [-0.25, -0.2) is 4.98 Å². The molecule has 3 nitrogen and oxygen atoms in total. The SMILES string of the molecule is O=C(NCC1(C2CC2)CC1)c1ccc(F)nc1. The molecule has 0 unspecified atom stereocenters. The zero-order valence-corrected chi connectivity index (χ0v) is 9.58. The molecule has 1 aromatic rings. The van der Waals surface area contributed by atoms with Crippen LogP contribution in [0.4, 0.5) is 4.39 Å². The Kier molecular flexibility index (Phi) is 2.38. The number of halogens is 1. The molecule has 0 bridgehead atoms. The maximum atomic E-state index is 12.6. The Labute approximate surface area is 99.4 Å². The molecule has 0 aromatic carbocycles. The van der Waals surface area contributed by atoms with Gasteiger partial charge in [0.2, 0.25) is 5.95 Å². The normalized spacial score (nSPS) is 21.0. The molecule has 1 N–H and O–H groups in total. The van der Waals surface area contributed by atoms with Crippen LogP contribution in [-0.4, -0.2) is 17.4 Å². The monoisotopic (exact) mass is 234 g/mol. The van der Waals surface area contributed by atoms with E-state index >= 15 is 0 Å². The van der Waals surface area contributed by atoms with Gasteiger partial charge >= 0.3 is 0 Å². The number of hydrogen-bond acceptors (Lipinski definition) is 2. The molecule has 3 rings (SSSR count). The maximum Gasteiger partial charge on any atom is 0.252 e. The topological polar surface area (TPSA) is 42.0 Å². The molecule has 2 aliphatic carbocycles. The molecule has 17 heavy (non-hydrogen) atoms. The minimum absolute atomic E-state index is 0.149. The van der Waals surface area contributed by atoms with E-state index in [1.54, 1.807) is 0 Å². The molecule has 0 atom stereocenters. The Morgan fingerprint density at radius 1 is 1.47 bits per heavy atom. The van der Waals surface area contributed by atoms with Crippen molar-refractivity contribution in [3.8, 4) is 0 Å². The van der Waals surface area contributed by atoms with E-state index in [4.69, 9.17) is 0 Å². The van der Waals surface area contributed by atoms with Crippen molar-refractivity contribution in [2.75, 3.05) is 6.54 Å². The van der Waals surface area contributed by atoms with Crippen LogP contribution < -0.4 is 5.32 Å². The molecule has 0 saturated heterocycles. The Hall–Kier alpha value is -1.45. The highest BCUT2D eigenvalue weighted by atomic mass is 19.1. The lowest BCUT2D eigenvalue weighted by Crippen LogP contribution is -2.31. The molecule has 1 amide bonds. The molecule has 1 heterocycles. The highest BCUT2D eigenvalue weighted by Gasteiger charge is 2.53. The number of rotatable bonds is 4. The molecular formula is C13H15FN2O. The summed E-state index contributed by atoms with van der Waals surface area (Å²) in [4.78, 5) is 15.3. The van der Waals surface area contributed by atoms with Crippen molar-refractivity contribution in [2.45, 2.75) is 25.7 Å². The number of carbonyl (C=O) groups is 1. The van der Waals surface area contributed by atoms with Gasteiger partial charge in [0.05, 0.1) is 5.56 Å². The van der Waals surface area contributed by atoms with E-state index < -0.39 is 5.95 Å². The average molecular weight is 234 g/mol. The van der Waals surface area contributed by atoms with Gasteiger partial charge in [0.1, 0.15) is 0 Å². The predicted molar refractivity (Wildman–Crippen MR) is 60.9 cm³/mol. The Balaban J connectivity index is 1.58. The van der Waals surface area contributed by atoms with E-state index in [1.165, 1.54) is 44.0 Å². The first-order valence-corrected chi connectivity index (χ1v) is 6.09. The number of nitrogens with zero attached hydrogens (tertiary/aromatic N) is 1. The first kappa shape index (κ1) is 10.7. The second kappa shape index (κ2) is 3.79. The first-order valence-electron chi connectivity index (χ1n) is 6.09.